The molecule has 7 heteroatoms. The smallest absolute Gasteiger partial charge is 0.346 e. The fraction of sp³-hybridized carbons (Fsp3) is 0.348. The molecule has 1 fully saturated rings. The summed E-state index contributed by atoms with van der Waals surface area (Å²) in [5, 5.41) is 7.42. The first-order valence-corrected chi connectivity index (χ1v) is 10.4. The highest BCUT2D eigenvalue weighted by Gasteiger charge is 2.30. The number of halogens is 1. The highest BCUT2D eigenvalue weighted by molar-refractivity contribution is 5.83. The van der Waals surface area contributed by atoms with Crippen molar-refractivity contribution in [2.45, 2.75) is 44.7 Å². The van der Waals surface area contributed by atoms with Crippen LogP contribution in [0.2, 0.25) is 0 Å². The number of aromatic nitrogens is 3. The molecule has 0 radical (unpaired) electrons. The van der Waals surface area contributed by atoms with Gasteiger partial charge in [0.2, 0.25) is 5.91 Å². The number of hydrogen-bond acceptors (Lipinski definition) is 3. The van der Waals surface area contributed by atoms with E-state index in [0.717, 1.165) is 18.4 Å². The standard InChI is InChI=1S/C23H25FN4O2/c1-2-20(16-6-4-3-5-7-16)22(29)25-14-15-27-23(30)28(19-12-13-19)21(26-27)17-8-10-18(24)11-9-17/h3-11,19-20H,2,12-15H2,1H3,(H,25,29). The summed E-state index contributed by atoms with van der Waals surface area (Å²) in [6, 6.07) is 15.8. The van der Waals surface area contributed by atoms with E-state index in [1.165, 1.54) is 16.8 Å². The Morgan fingerprint density at radius 1 is 1.17 bits per heavy atom. The predicted molar refractivity (Wildman–Crippen MR) is 113 cm³/mol. The number of carbonyl (C=O) groups excluding carboxylic acids is 1. The van der Waals surface area contributed by atoms with Crippen LogP contribution in [0, 0.1) is 5.82 Å². The predicted octanol–water partition coefficient (Wildman–Crippen LogP) is 3.50. The number of nitrogens with one attached hydrogen (secondary N) is 1. The molecule has 156 valence electrons. The first-order valence-electron chi connectivity index (χ1n) is 10.4. The summed E-state index contributed by atoms with van der Waals surface area (Å²) in [4.78, 5) is 25.5. The van der Waals surface area contributed by atoms with Gasteiger partial charge in [0.05, 0.1) is 12.5 Å². The van der Waals surface area contributed by atoms with Gasteiger partial charge in [-0.1, -0.05) is 37.3 Å². The molecule has 0 aliphatic heterocycles. The summed E-state index contributed by atoms with van der Waals surface area (Å²) < 4.78 is 16.4. The summed E-state index contributed by atoms with van der Waals surface area (Å²) in [6.07, 6.45) is 2.57. The molecular weight excluding hydrogens is 383 g/mol. The lowest BCUT2D eigenvalue weighted by atomic mass is 9.96. The van der Waals surface area contributed by atoms with E-state index >= 15 is 0 Å². The minimum absolute atomic E-state index is 0.0582. The van der Waals surface area contributed by atoms with Gasteiger partial charge in [-0.05, 0) is 49.1 Å². The Labute approximate surface area is 174 Å². The SMILES string of the molecule is CCC(C(=O)NCCn1nc(-c2ccc(F)cc2)n(C2CC2)c1=O)c1ccccc1. The molecule has 1 aliphatic carbocycles. The molecule has 1 aromatic heterocycles. The molecule has 1 aliphatic rings. The molecule has 1 saturated carbocycles. The van der Waals surface area contributed by atoms with E-state index in [9.17, 15) is 14.0 Å². The molecule has 1 amide bonds. The topological polar surface area (TPSA) is 68.9 Å². The van der Waals surface area contributed by atoms with Crippen LogP contribution in [0.25, 0.3) is 11.4 Å². The van der Waals surface area contributed by atoms with E-state index in [1.807, 2.05) is 37.3 Å². The second-order valence-corrected chi connectivity index (χ2v) is 7.60. The van der Waals surface area contributed by atoms with Gasteiger partial charge in [0, 0.05) is 18.2 Å². The fourth-order valence-corrected chi connectivity index (χ4v) is 3.69. The molecule has 1 N–H and O–H groups in total. The fourth-order valence-electron chi connectivity index (χ4n) is 3.69. The number of benzene rings is 2. The molecule has 0 bridgehead atoms. The van der Waals surface area contributed by atoms with Crippen LogP contribution in [-0.4, -0.2) is 26.8 Å². The zero-order chi connectivity index (χ0) is 21.1. The average molecular weight is 408 g/mol. The van der Waals surface area contributed by atoms with E-state index in [1.54, 1.807) is 16.7 Å². The molecule has 1 unspecified atom stereocenters. The summed E-state index contributed by atoms with van der Waals surface area (Å²) in [5.41, 5.74) is 1.49. The Hall–Kier alpha value is -3.22. The van der Waals surface area contributed by atoms with Gasteiger partial charge in [0.15, 0.2) is 5.82 Å². The Morgan fingerprint density at radius 3 is 2.50 bits per heavy atom. The van der Waals surface area contributed by atoms with Gasteiger partial charge >= 0.3 is 5.69 Å². The van der Waals surface area contributed by atoms with Crippen molar-refractivity contribution < 1.29 is 9.18 Å². The van der Waals surface area contributed by atoms with Crippen molar-refractivity contribution >= 4 is 5.91 Å². The van der Waals surface area contributed by atoms with Gasteiger partial charge < -0.3 is 5.32 Å². The zero-order valence-corrected chi connectivity index (χ0v) is 16.9. The third-order valence-corrected chi connectivity index (χ3v) is 5.43. The quantitative estimate of drug-likeness (QED) is 0.620. The van der Waals surface area contributed by atoms with E-state index < -0.39 is 0 Å². The molecule has 1 heterocycles. The van der Waals surface area contributed by atoms with E-state index in [0.29, 0.717) is 24.4 Å². The summed E-state index contributed by atoms with van der Waals surface area (Å²) in [5.74, 6) is -0.0616. The van der Waals surface area contributed by atoms with Gasteiger partial charge in [0.1, 0.15) is 5.82 Å². The second-order valence-electron chi connectivity index (χ2n) is 7.60. The molecule has 4 rings (SSSR count). The third-order valence-electron chi connectivity index (χ3n) is 5.43. The van der Waals surface area contributed by atoms with Crippen LogP contribution < -0.4 is 11.0 Å². The van der Waals surface area contributed by atoms with Crippen molar-refractivity contribution in [3.63, 3.8) is 0 Å². The Morgan fingerprint density at radius 2 is 1.87 bits per heavy atom. The first kappa shape index (κ1) is 20.1. The van der Waals surface area contributed by atoms with Crippen molar-refractivity contribution in [1.29, 1.82) is 0 Å². The Kier molecular flexibility index (Phi) is 5.79. The minimum atomic E-state index is -0.329. The number of hydrogen-bond donors (Lipinski definition) is 1. The van der Waals surface area contributed by atoms with E-state index in [2.05, 4.69) is 10.4 Å². The minimum Gasteiger partial charge on any atom is -0.354 e. The Bertz CT molecular complexity index is 1070. The lowest BCUT2D eigenvalue weighted by Gasteiger charge is -2.15. The highest BCUT2D eigenvalue weighted by atomic mass is 19.1. The van der Waals surface area contributed by atoms with Crippen LogP contribution in [-0.2, 0) is 11.3 Å². The maximum atomic E-state index is 13.3. The van der Waals surface area contributed by atoms with Crippen LogP contribution >= 0.6 is 0 Å². The van der Waals surface area contributed by atoms with Crippen LogP contribution in [0.1, 0.15) is 43.7 Å². The Balaban J connectivity index is 1.47. The molecule has 0 spiro atoms. The zero-order valence-electron chi connectivity index (χ0n) is 16.9. The van der Waals surface area contributed by atoms with Gasteiger partial charge in [0.25, 0.3) is 0 Å². The monoisotopic (exact) mass is 408 g/mol. The molecule has 3 aromatic rings. The maximum absolute atomic E-state index is 13.3. The van der Waals surface area contributed by atoms with Gasteiger partial charge in [-0.25, -0.2) is 13.9 Å². The van der Waals surface area contributed by atoms with E-state index in [-0.39, 0.29) is 35.9 Å². The van der Waals surface area contributed by atoms with Crippen molar-refractivity contribution in [3.8, 4) is 11.4 Å². The molecule has 0 saturated heterocycles. The third kappa shape index (κ3) is 4.20. The lowest BCUT2D eigenvalue weighted by molar-refractivity contribution is -0.122. The lowest BCUT2D eigenvalue weighted by Crippen LogP contribution is -2.34. The largest absolute Gasteiger partial charge is 0.354 e. The summed E-state index contributed by atoms with van der Waals surface area (Å²) in [7, 11) is 0. The van der Waals surface area contributed by atoms with Gasteiger partial charge in [-0.2, -0.15) is 0 Å². The second kappa shape index (κ2) is 8.65. The van der Waals surface area contributed by atoms with Crippen LogP contribution in [0.4, 0.5) is 4.39 Å². The molecule has 6 nitrogen and oxygen atoms in total. The number of carbonyl (C=O) groups is 1. The van der Waals surface area contributed by atoms with E-state index in [4.69, 9.17) is 0 Å². The number of amides is 1. The summed E-state index contributed by atoms with van der Waals surface area (Å²) >= 11 is 0. The van der Waals surface area contributed by atoms with Gasteiger partial charge in [-0.15, -0.1) is 5.10 Å². The molecular formula is C23H25FN4O2. The van der Waals surface area contributed by atoms with Crippen molar-refractivity contribution in [2.75, 3.05) is 6.54 Å². The van der Waals surface area contributed by atoms with Crippen molar-refractivity contribution in [2.24, 2.45) is 0 Å². The highest BCUT2D eigenvalue weighted by Crippen LogP contribution is 2.36. The van der Waals surface area contributed by atoms with Crippen LogP contribution in [0.3, 0.4) is 0 Å². The first-order chi connectivity index (χ1) is 14.6. The van der Waals surface area contributed by atoms with Crippen LogP contribution in [0.15, 0.2) is 59.4 Å². The van der Waals surface area contributed by atoms with Crippen molar-refractivity contribution in [3.05, 3.63) is 76.5 Å². The number of rotatable bonds is 8. The molecule has 1 atom stereocenters. The van der Waals surface area contributed by atoms with Gasteiger partial charge in [-0.3, -0.25) is 9.36 Å². The van der Waals surface area contributed by atoms with Crippen LogP contribution in [0.5, 0.6) is 0 Å². The average Bonchev–Trinajstić information content (AvgIpc) is 3.54. The van der Waals surface area contributed by atoms with Crippen molar-refractivity contribution in [1.82, 2.24) is 19.7 Å². The molecule has 30 heavy (non-hydrogen) atoms. The number of nitrogens with zero attached hydrogens (tertiary/aromatic N) is 3. The summed E-state index contributed by atoms with van der Waals surface area (Å²) in [6.45, 7) is 2.57. The maximum Gasteiger partial charge on any atom is 0.346 e. The molecule has 2 aromatic carbocycles. The normalized spacial score (nSPS) is 14.5.